The van der Waals surface area contributed by atoms with E-state index in [1.165, 1.54) is 0 Å². The zero-order chi connectivity index (χ0) is 14.4. The lowest BCUT2D eigenvalue weighted by Gasteiger charge is -2.23. The third-order valence-electron chi connectivity index (χ3n) is 3.14. The second-order valence-corrected chi connectivity index (χ2v) is 5.27. The summed E-state index contributed by atoms with van der Waals surface area (Å²) in [5.41, 5.74) is 6.87. The fourth-order valence-corrected chi connectivity index (χ4v) is 2.04. The molecule has 1 aromatic rings. The van der Waals surface area contributed by atoms with E-state index < -0.39 is 0 Å². The highest BCUT2D eigenvalue weighted by atomic mass is 35.5. The highest BCUT2D eigenvalue weighted by molar-refractivity contribution is 6.31. The van der Waals surface area contributed by atoms with Crippen molar-refractivity contribution in [3.8, 4) is 0 Å². The Balaban J connectivity index is 2.55. The number of carbonyl (C=O) groups excluding carboxylic acids is 1. The molecule has 5 heteroatoms. The number of nitrogens with one attached hydrogen (secondary N) is 1. The van der Waals surface area contributed by atoms with Crippen LogP contribution in [0.3, 0.4) is 0 Å². The molecule has 0 aliphatic rings. The molecule has 0 saturated heterocycles. The number of nitrogens with two attached hydrogens (primary N) is 1. The van der Waals surface area contributed by atoms with Gasteiger partial charge in [-0.05, 0) is 38.6 Å². The van der Waals surface area contributed by atoms with Crippen LogP contribution >= 0.6 is 11.6 Å². The van der Waals surface area contributed by atoms with E-state index in [2.05, 4.69) is 19.2 Å². The van der Waals surface area contributed by atoms with Gasteiger partial charge in [0.2, 0.25) is 5.91 Å². The predicted molar refractivity (Wildman–Crippen MR) is 81.5 cm³/mol. The molecular formula is C14H22ClN3O. The first kappa shape index (κ1) is 15.8. The molecule has 4 nitrogen and oxygen atoms in total. The number of nitrogens with zero attached hydrogens (tertiary/aromatic N) is 1. The third kappa shape index (κ3) is 5.09. The molecule has 0 aliphatic carbocycles. The Labute approximate surface area is 119 Å². The van der Waals surface area contributed by atoms with Crippen molar-refractivity contribution < 1.29 is 4.79 Å². The van der Waals surface area contributed by atoms with Gasteiger partial charge in [0.25, 0.3) is 0 Å². The summed E-state index contributed by atoms with van der Waals surface area (Å²) < 4.78 is 0. The molecule has 1 atom stereocenters. The van der Waals surface area contributed by atoms with Gasteiger partial charge in [-0.2, -0.15) is 0 Å². The van der Waals surface area contributed by atoms with E-state index in [1.54, 1.807) is 18.2 Å². The third-order valence-corrected chi connectivity index (χ3v) is 3.37. The smallest absolute Gasteiger partial charge is 0.238 e. The number of anilines is 2. The summed E-state index contributed by atoms with van der Waals surface area (Å²) >= 11 is 5.81. The lowest BCUT2D eigenvalue weighted by Crippen LogP contribution is -2.36. The average Bonchev–Trinajstić information content (AvgIpc) is 2.33. The Morgan fingerprint density at radius 1 is 1.53 bits per heavy atom. The normalized spacial score (nSPS) is 12.5. The zero-order valence-corrected chi connectivity index (χ0v) is 12.5. The molecule has 1 aromatic carbocycles. The zero-order valence-electron chi connectivity index (χ0n) is 11.7. The van der Waals surface area contributed by atoms with Gasteiger partial charge in [0, 0.05) is 11.1 Å². The maximum absolute atomic E-state index is 11.9. The summed E-state index contributed by atoms with van der Waals surface area (Å²) in [6, 6.07) is 5.43. The Kier molecular flexibility index (Phi) is 6.12. The van der Waals surface area contributed by atoms with Gasteiger partial charge in [-0.1, -0.05) is 24.9 Å². The Morgan fingerprint density at radius 2 is 2.21 bits per heavy atom. The minimum absolute atomic E-state index is 0.0699. The van der Waals surface area contributed by atoms with Gasteiger partial charge in [0.1, 0.15) is 0 Å². The summed E-state index contributed by atoms with van der Waals surface area (Å²) in [5.74, 6) is -0.0699. The number of hydrogen-bond acceptors (Lipinski definition) is 3. The van der Waals surface area contributed by atoms with E-state index in [1.807, 2.05) is 11.9 Å². The van der Waals surface area contributed by atoms with Crippen LogP contribution in [0.4, 0.5) is 11.4 Å². The van der Waals surface area contributed by atoms with Crippen LogP contribution in [-0.4, -0.2) is 30.4 Å². The van der Waals surface area contributed by atoms with Crippen LogP contribution in [-0.2, 0) is 4.79 Å². The Hall–Kier alpha value is -1.26. The van der Waals surface area contributed by atoms with Gasteiger partial charge in [0.05, 0.1) is 17.9 Å². The number of hydrogen-bond donors (Lipinski definition) is 2. The van der Waals surface area contributed by atoms with Crippen LogP contribution in [0, 0.1) is 0 Å². The van der Waals surface area contributed by atoms with Crippen molar-refractivity contribution in [1.82, 2.24) is 4.90 Å². The lowest BCUT2D eigenvalue weighted by molar-refractivity contribution is -0.117. The molecule has 0 fully saturated rings. The number of carbonyl (C=O) groups is 1. The van der Waals surface area contributed by atoms with Gasteiger partial charge in [-0.3, -0.25) is 9.69 Å². The maximum atomic E-state index is 11.9. The van der Waals surface area contributed by atoms with Gasteiger partial charge >= 0.3 is 0 Å². The van der Waals surface area contributed by atoms with Gasteiger partial charge in [-0.15, -0.1) is 0 Å². The first-order valence-corrected chi connectivity index (χ1v) is 6.87. The number of likely N-dealkylation sites (N-methyl/N-ethyl adjacent to an activating group) is 1. The van der Waals surface area contributed by atoms with E-state index in [0.717, 1.165) is 12.8 Å². The molecule has 0 heterocycles. The number of nitrogen functional groups attached to an aromatic ring is 1. The van der Waals surface area contributed by atoms with E-state index >= 15 is 0 Å². The summed E-state index contributed by atoms with van der Waals surface area (Å²) in [6.07, 6.45) is 2.18. The molecule has 0 aliphatic heterocycles. The molecule has 1 unspecified atom stereocenters. The van der Waals surface area contributed by atoms with Crippen molar-refractivity contribution in [2.24, 2.45) is 0 Å². The molecule has 106 valence electrons. The molecular weight excluding hydrogens is 262 g/mol. The van der Waals surface area contributed by atoms with Crippen LogP contribution < -0.4 is 11.1 Å². The van der Waals surface area contributed by atoms with Crippen LogP contribution in [0.5, 0.6) is 0 Å². The van der Waals surface area contributed by atoms with Crippen molar-refractivity contribution in [2.45, 2.75) is 32.7 Å². The SMILES string of the molecule is CCCC(C)N(C)CC(=O)Nc1ccc(Cl)cc1N. The van der Waals surface area contributed by atoms with Gasteiger partial charge in [-0.25, -0.2) is 0 Å². The standard InChI is InChI=1S/C14H22ClN3O/c1-4-5-10(2)18(3)9-14(19)17-13-7-6-11(15)8-12(13)16/h6-8,10H,4-5,9,16H2,1-3H3,(H,17,19). The fraction of sp³-hybridized carbons (Fsp3) is 0.500. The molecule has 0 spiro atoms. The second-order valence-electron chi connectivity index (χ2n) is 4.83. The highest BCUT2D eigenvalue weighted by Crippen LogP contribution is 2.22. The van der Waals surface area contributed by atoms with Crippen LogP contribution in [0.1, 0.15) is 26.7 Å². The van der Waals surface area contributed by atoms with Crippen molar-refractivity contribution >= 4 is 28.9 Å². The molecule has 0 bridgehead atoms. The molecule has 0 aromatic heterocycles. The Bertz CT molecular complexity index is 437. The van der Waals surface area contributed by atoms with E-state index in [-0.39, 0.29) is 5.91 Å². The van der Waals surface area contributed by atoms with Crippen molar-refractivity contribution in [2.75, 3.05) is 24.6 Å². The first-order valence-electron chi connectivity index (χ1n) is 6.49. The first-order chi connectivity index (χ1) is 8.93. The van der Waals surface area contributed by atoms with E-state index in [0.29, 0.717) is 29.0 Å². The van der Waals surface area contributed by atoms with Gasteiger partial charge < -0.3 is 11.1 Å². The number of amides is 1. The summed E-state index contributed by atoms with van der Waals surface area (Å²) in [5, 5.41) is 3.36. The number of halogens is 1. The minimum Gasteiger partial charge on any atom is -0.397 e. The fourth-order valence-electron chi connectivity index (χ4n) is 1.86. The molecule has 0 radical (unpaired) electrons. The van der Waals surface area contributed by atoms with Crippen LogP contribution in [0.15, 0.2) is 18.2 Å². The minimum atomic E-state index is -0.0699. The van der Waals surface area contributed by atoms with Crippen molar-refractivity contribution in [3.63, 3.8) is 0 Å². The topological polar surface area (TPSA) is 58.4 Å². The summed E-state index contributed by atoms with van der Waals surface area (Å²) in [6.45, 7) is 4.61. The molecule has 1 rings (SSSR count). The monoisotopic (exact) mass is 283 g/mol. The van der Waals surface area contributed by atoms with Crippen LogP contribution in [0.25, 0.3) is 0 Å². The highest BCUT2D eigenvalue weighted by Gasteiger charge is 2.13. The number of rotatable bonds is 6. The quantitative estimate of drug-likeness (QED) is 0.789. The molecule has 19 heavy (non-hydrogen) atoms. The number of benzene rings is 1. The maximum Gasteiger partial charge on any atom is 0.238 e. The average molecular weight is 284 g/mol. The molecule has 3 N–H and O–H groups in total. The Morgan fingerprint density at radius 3 is 2.79 bits per heavy atom. The predicted octanol–water partition coefficient (Wildman–Crippen LogP) is 2.98. The lowest BCUT2D eigenvalue weighted by atomic mass is 10.2. The summed E-state index contributed by atoms with van der Waals surface area (Å²) in [7, 11) is 1.95. The summed E-state index contributed by atoms with van der Waals surface area (Å²) in [4.78, 5) is 14.0. The van der Waals surface area contributed by atoms with E-state index in [4.69, 9.17) is 17.3 Å². The van der Waals surface area contributed by atoms with Crippen LogP contribution in [0.2, 0.25) is 5.02 Å². The molecule has 1 amide bonds. The van der Waals surface area contributed by atoms with Crippen molar-refractivity contribution in [1.29, 1.82) is 0 Å². The van der Waals surface area contributed by atoms with Gasteiger partial charge in [0.15, 0.2) is 0 Å². The van der Waals surface area contributed by atoms with Crippen molar-refractivity contribution in [3.05, 3.63) is 23.2 Å². The van der Waals surface area contributed by atoms with E-state index in [9.17, 15) is 4.79 Å². The largest absolute Gasteiger partial charge is 0.397 e. The molecule has 0 saturated carbocycles. The second kappa shape index (κ2) is 7.36.